The van der Waals surface area contributed by atoms with E-state index >= 15 is 0 Å². The maximum atomic E-state index is 11.9. The predicted octanol–water partition coefficient (Wildman–Crippen LogP) is 2.83. The van der Waals surface area contributed by atoms with E-state index in [4.69, 9.17) is 0 Å². The zero-order chi connectivity index (χ0) is 15.9. The molecule has 5 nitrogen and oxygen atoms in total. The Balaban J connectivity index is 1.72. The van der Waals surface area contributed by atoms with Crippen molar-refractivity contribution in [3.8, 4) is 11.1 Å². The number of anilines is 1. The Labute approximate surface area is 135 Å². The molecule has 0 unspecified atom stereocenters. The summed E-state index contributed by atoms with van der Waals surface area (Å²) >= 11 is 0. The highest BCUT2D eigenvalue weighted by Crippen LogP contribution is 2.50. The van der Waals surface area contributed by atoms with E-state index in [1.54, 1.807) is 6.33 Å². The Morgan fingerprint density at radius 3 is 2.87 bits per heavy atom. The van der Waals surface area contributed by atoms with E-state index in [0.717, 1.165) is 42.8 Å². The summed E-state index contributed by atoms with van der Waals surface area (Å²) < 4.78 is 0. The second-order valence-electron chi connectivity index (χ2n) is 6.56. The van der Waals surface area contributed by atoms with Crippen molar-refractivity contribution in [1.82, 2.24) is 9.97 Å². The van der Waals surface area contributed by atoms with Gasteiger partial charge >= 0.3 is 5.97 Å². The van der Waals surface area contributed by atoms with Gasteiger partial charge in [0, 0.05) is 24.8 Å². The summed E-state index contributed by atoms with van der Waals surface area (Å²) in [5, 5.41) is 9.77. The standard InChI is InChI=1S/C18H19N3O2/c22-17(23)18-8-4-7-14(18)10-21(11-18)16-15(9-19-12-20-16)13-5-2-1-3-6-13/h1-3,5-6,9,12,14H,4,7-8,10-11H2,(H,22,23)/t14-,18+/m0/s1. The van der Waals surface area contributed by atoms with E-state index in [-0.39, 0.29) is 5.92 Å². The quantitative estimate of drug-likeness (QED) is 0.944. The van der Waals surface area contributed by atoms with Gasteiger partial charge in [-0.25, -0.2) is 9.97 Å². The molecule has 2 aliphatic rings. The fourth-order valence-corrected chi connectivity index (χ4v) is 4.20. The summed E-state index contributed by atoms with van der Waals surface area (Å²) in [5.41, 5.74) is 1.43. The lowest BCUT2D eigenvalue weighted by molar-refractivity contribution is -0.149. The summed E-state index contributed by atoms with van der Waals surface area (Å²) in [4.78, 5) is 22.7. The molecule has 2 fully saturated rings. The molecular weight excluding hydrogens is 290 g/mol. The minimum Gasteiger partial charge on any atom is -0.481 e. The number of aromatic nitrogens is 2. The first-order chi connectivity index (χ1) is 11.2. The van der Waals surface area contributed by atoms with E-state index in [2.05, 4.69) is 14.9 Å². The number of benzene rings is 1. The average Bonchev–Trinajstić information content (AvgIpc) is 3.14. The van der Waals surface area contributed by atoms with Crippen LogP contribution in [0.25, 0.3) is 11.1 Å². The van der Waals surface area contributed by atoms with Gasteiger partial charge in [-0.15, -0.1) is 0 Å². The van der Waals surface area contributed by atoms with Crippen LogP contribution in [0.2, 0.25) is 0 Å². The predicted molar refractivity (Wildman–Crippen MR) is 87.1 cm³/mol. The maximum absolute atomic E-state index is 11.9. The summed E-state index contributed by atoms with van der Waals surface area (Å²) in [7, 11) is 0. The van der Waals surface area contributed by atoms with Crippen LogP contribution in [0.3, 0.4) is 0 Å². The van der Waals surface area contributed by atoms with Crippen LogP contribution in [0.15, 0.2) is 42.9 Å². The zero-order valence-electron chi connectivity index (χ0n) is 12.9. The normalized spacial score (nSPS) is 26.3. The molecule has 1 saturated heterocycles. The van der Waals surface area contributed by atoms with Gasteiger partial charge < -0.3 is 10.0 Å². The Bertz CT molecular complexity index is 734. The fourth-order valence-electron chi connectivity index (χ4n) is 4.20. The number of carboxylic acids is 1. The largest absolute Gasteiger partial charge is 0.481 e. The number of nitrogens with zero attached hydrogens (tertiary/aromatic N) is 3. The van der Waals surface area contributed by atoms with Crippen LogP contribution in [-0.2, 0) is 4.79 Å². The molecule has 1 aromatic heterocycles. The highest BCUT2D eigenvalue weighted by atomic mass is 16.4. The molecule has 1 saturated carbocycles. The second kappa shape index (κ2) is 5.33. The molecule has 0 spiro atoms. The lowest BCUT2D eigenvalue weighted by atomic mass is 9.81. The molecule has 2 atom stereocenters. The van der Waals surface area contributed by atoms with Gasteiger partial charge in [0.1, 0.15) is 12.1 Å². The van der Waals surface area contributed by atoms with Crippen LogP contribution in [0.1, 0.15) is 19.3 Å². The molecule has 5 heteroatoms. The lowest BCUT2D eigenvalue weighted by Crippen LogP contribution is -2.35. The van der Waals surface area contributed by atoms with Crippen molar-refractivity contribution in [3.05, 3.63) is 42.9 Å². The summed E-state index contributed by atoms with van der Waals surface area (Å²) in [6, 6.07) is 10.0. The highest BCUT2D eigenvalue weighted by Gasteiger charge is 2.55. The smallest absolute Gasteiger partial charge is 0.311 e. The molecular formula is C18H19N3O2. The van der Waals surface area contributed by atoms with Crippen LogP contribution in [0.5, 0.6) is 0 Å². The monoisotopic (exact) mass is 309 g/mol. The summed E-state index contributed by atoms with van der Waals surface area (Å²) in [6.45, 7) is 1.31. The number of hydrogen-bond acceptors (Lipinski definition) is 4. The number of carbonyl (C=O) groups is 1. The van der Waals surface area contributed by atoms with Crippen LogP contribution in [0.4, 0.5) is 5.82 Å². The van der Waals surface area contributed by atoms with Gasteiger partial charge in [0.05, 0.1) is 5.41 Å². The molecule has 0 bridgehead atoms. The molecule has 4 rings (SSSR count). The Morgan fingerprint density at radius 2 is 2.13 bits per heavy atom. The lowest BCUT2D eigenvalue weighted by Gasteiger charge is -2.24. The second-order valence-corrected chi connectivity index (χ2v) is 6.56. The third-order valence-electron chi connectivity index (χ3n) is 5.37. The number of rotatable bonds is 3. The van der Waals surface area contributed by atoms with Crippen molar-refractivity contribution in [2.75, 3.05) is 18.0 Å². The summed E-state index contributed by atoms with van der Waals surface area (Å²) in [5.74, 6) is 0.414. The van der Waals surface area contributed by atoms with Crippen molar-refractivity contribution in [1.29, 1.82) is 0 Å². The molecule has 1 aliphatic heterocycles. The SMILES string of the molecule is O=C(O)[C@@]12CCC[C@H]1CN(c1ncncc1-c1ccccc1)C2. The molecule has 1 N–H and O–H groups in total. The number of fused-ring (bicyclic) bond motifs is 1. The minimum atomic E-state index is -0.655. The third-order valence-corrected chi connectivity index (χ3v) is 5.37. The number of carboxylic acid groups (broad SMARTS) is 1. The van der Waals surface area contributed by atoms with Crippen molar-refractivity contribution < 1.29 is 9.90 Å². The first-order valence-corrected chi connectivity index (χ1v) is 8.04. The van der Waals surface area contributed by atoms with Crippen LogP contribution in [0, 0.1) is 11.3 Å². The maximum Gasteiger partial charge on any atom is 0.311 e. The molecule has 0 radical (unpaired) electrons. The van der Waals surface area contributed by atoms with E-state index in [9.17, 15) is 9.90 Å². The van der Waals surface area contributed by atoms with Crippen LogP contribution >= 0.6 is 0 Å². The molecule has 2 heterocycles. The first-order valence-electron chi connectivity index (χ1n) is 8.04. The zero-order valence-corrected chi connectivity index (χ0v) is 12.9. The van der Waals surface area contributed by atoms with Crippen molar-refractivity contribution in [2.45, 2.75) is 19.3 Å². The Hall–Kier alpha value is -2.43. The van der Waals surface area contributed by atoms with E-state index in [1.807, 2.05) is 36.5 Å². The van der Waals surface area contributed by atoms with Crippen LogP contribution in [-0.4, -0.2) is 34.1 Å². The van der Waals surface area contributed by atoms with Gasteiger partial charge in [0.15, 0.2) is 0 Å². The van der Waals surface area contributed by atoms with Gasteiger partial charge in [-0.1, -0.05) is 36.8 Å². The molecule has 0 amide bonds. The van der Waals surface area contributed by atoms with Gasteiger partial charge in [-0.05, 0) is 24.3 Å². The number of aliphatic carboxylic acids is 1. The van der Waals surface area contributed by atoms with Crippen molar-refractivity contribution >= 4 is 11.8 Å². The number of hydrogen-bond donors (Lipinski definition) is 1. The molecule has 23 heavy (non-hydrogen) atoms. The van der Waals surface area contributed by atoms with Gasteiger partial charge in [0.2, 0.25) is 0 Å². The Morgan fingerprint density at radius 1 is 1.30 bits per heavy atom. The van der Waals surface area contributed by atoms with Crippen LogP contribution < -0.4 is 4.90 Å². The van der Waals surface area contributed by atoms with E-state index in [0.29, 0.717) is 6.54 Å². The summed E-state index contributed by atoms with van der Waals surface area (Å²) in [6.07, 6.45) is 6.15. The van der Waals surface area contributed by atoms with E-state index < -0.39 is 11.4 Å². The Kier molecular flexibility index (Phi) is 3.29. The molecule has 2 aromatic rings. The highest BCUT2D eigenvalue weighted by molar-refractivity contribution is 5.80. The van der Waals surface area contributed by atoms with Gasteiger partial charge in [0.25, 0.3) is 0 Å². The van der Waals surface area contributed by atoms with Gasteiger partial charge in [-0.2, -0.15) is 0 Å². The average molecular weight is 309 g/mol. The third kappa shape index (κ3) is 2.19. The minimum absolute atomic E-state index is 0.221. The topological polar surface area (TPSA) is 66.3 Å². The fraction of sp³-hybridized carbons (Fsp3) is 0.389. The van der Waals surface area contributed by atoms with Crippen molar-refractivity contribution in [3.63, 3.8) is 0 Å². The molecule has 1 aliphatic carbocycles. The van der Waals surface area contributed by atoms with E-state index in [1.165, 1.54) is 0 Å². The van der Waals surface area contributed by atoms with Crippen molar-refractivity contribution in [2.24, 2.45) is 11.3 Å². The molecule has 118 valence electrons. The molecule has 1 aromatic carbocycles. The van der Waals surface area contributed by atoms with Gasteiger partial charge in [-0.3, -0.25) is 4.79 Å². The first kappa shape index (κ1) is 14.2.